The molecule has 0 aliphatic carbocycles. The Labute approximate surface area is 44.9 Å². The number of rotatable bonds is 1. The van der Waals surface area contributed by atoms with Gasteiger partial charge in [0, 0.05) is 19.4 Å². The molecule has 0 bridgehead atoms. The molecular weight excluding hydrogens is 86.1 g/mol. The van der Waals surface area contributed by atoms with Gasteiger partial charge in [-0.1, -0.05) is 6.92 Å². The zero-order valence-corrected chi connectivity index (χ0v) is 4.70. The largest absolute Gasteiger partial charge is 0.330 e. The van der Waals surface area contributed by atoms with Crippen molar-refractivity contribution in [2.45, 2.75) is 19.8 Å². The maximum Gasteiger partial charge on any atom is 0.0212 e. The topological polar surface area (TPSA) is 26.0 Å². The van der Waals surface area contributed by atoms with Crippen LogP contribution in [0.25, 0.3) is 0 Å². The first-order chi connectivity index (χ1) is 3.41. The molecule has 0 atom stereocenters. The highest BCUT2D eigenvalue weighted by atomic mass is 14.5. The number of nitrogens with two attached hydrogens (primary N) is 1. The van der Waals surface area contributed by atoms with E-state index in [1.807, 2.05) is 6.92 Å². The maximum atomic E-state index is 5.17. The molecule has 0 aliphatic rings. The van der Waals surface area contributed by atoms with E-state index >= 15 is 0 Å². The summed E-state index contributed by atoms with van der Waals surface area (Å²) >= 11 is 0. The average molecular weight is 97.2 g/mol. The SMILES string of the molecule is CCC#CCCN. The summed E-state index contributed by atoms with van der Waals surface area (Å²) in [5.74, 6) is 5.83. The minimum Gasteiger partial charge on any atom is -0.330 e. The predicted molar refractivity (Wildman–Crippen MR) is 31.7 cm³/mol. The molecule has 0 fully saturated rings. The van der Waals surface area contributed by atoms with Gasteiger partial charge in [0.15, 0.2) is 0 Å². The van der Waals surface area contributed by atoms with E-state index in [1.54, 1.807) is 0 Å². The van der Waals surface area contributed by atoms with Gasteiger partial charge in [-0.25, -0.2) is 0 Å². The molecule has 1 heteroatoms. The maximum absolute atomic E-state index is 5.17. The van der Waals surface area contributed by atoms with Crippen molar-refractivity contribution in [1.82, 2.24) is 0 Å². The molecule has 0 heterocycles. The van der Waals surface area contributed by atoms with Gasteiger partial charge in [-0.3, -0.25) is 0 Å². The van der Waals surface area contributed by atoms with Gasteiger partial charge < -0.3 is 5.73 Å². The van der Waals surface area contributed by atoms with Crippen LogP contribution in [0.2, 0.25) is 0 Å². The molecule has 0 aromatic rings. The van der Waals surface area contributed by atoms with Crippen LogP contribution in [0, 0.1) is 11.8 Å². The summed E-state index contributed by atoms with van der Waals surface area (Å²) in [5.41, 5.74) is 5.17. The van der Waals surface area contributed by atoms with Crippen molar-refractivity contribution in [2.24, 2.45) is 5.73 Å². The Morgan fingerprint density at radius 3 is 2.57 bits per heavy atom. The fraction of sp³-hybridized carbons (Fsp3) is 0.667. The van der Waals surface area contributed by atoms with Crippen LogP contribution < -0.4 is 5.73 Å². The molecule has 0 radical (unpaired) electrons. The van der Waals surface area contributed by atoms with Crippen LogP contribution in [-0.2, 0) is 0 Å². The Morgan fingerprint density at radius 2 is 2.14 bits per heavy atom. The molecule has 40 valence electrons. The number of hydrogen-bond acceptors (Lipinski definition) is 1. The first-order valence-electron chi connectivity index (χ1n) is 2.57. The number of hydrogen-bond donors (Lipinski definition) is 1. The minimum atomic E-state index is 0.688. The molecule has 0 saturated heterocycles. The normalized spacial score (nSPS) is 7.14. The summed E-state index contributed by atoms with van der Waals surface area (Å²) in [5, 5.41) is 0. The third kappa shape index (κ3) is 5.52. The predicted octanol–water partition coefficient (Wildman–Crippen LogP) is 0.749. The summed E-state index contributed by atoms with van der Waals surface area (Å²) in [6, 6.07) is 0. The molecule has 0 aliphatic heterocycles. The molecule has 0 amide bonds. The second kappa shape index (κ2) is 5.52. The van der Waals surface area contributed by atoms with Crippen LogP contribution in [0.1, 0.15) is 19.8 Å². The molecule has 0 aromatic carbocycles. The smallest absolute Gasteiger partial charge is 0.0212 e. The lowest BCUT2D eigenvalue weighted by Crippen LogP contribution is -1.95. The highest BCUT2D eigenvalue weighted by Gasteiger charge is 1.65. The van der Waals surface area contributed by atoms with Crippen molar-refractivity contribution in [2.75, 3.05) is 6.54 Å². The summed E-state index contributed by atoms with van der Waals surface area (Å²) in [6.45, 7) is 2.72. The molecule has 1 nitrogen and oxygen atoms in total. The van der Waals surface area contributed by atoms with E-state index in [-0.39, 0.29) is 0 Å². The van der Waals surface area contributed by atoms with Gasteiger partial charge in [-0.2, -0.15) is 0 Å². The van der Waals surface area contributed by atoms with E-state index in [0.717, 1.165) is 12.8 Å². The van der Waals surface area contributed by atoms with Crippen molar-refractivity contribution in [3.05, 3.63) is 0 Å². The van der Waals surface area contributed by atoms with Crippen LogP contribution in [0.3, 0.4) is 0 Å². The molecule has 7 heavy (non-hydrogen) atoms. The molecule has 0 aromatic heterocycles. The van der Waals surface area contributed by atoms with Crippen molar-refractivity contribution in [1.29, 1.82) is 0 Å². The van der Waals surface area contributed by atoms with Crippen LogP contribution in [0.4, 0.5) is 0 Å². The average Bonchev–Trinajstić information content (AvgIpc) is 1.69. The van der Waals surface area contributed by atoms with Crippen LogP contribution in [0.15, 0.2) is 0 Å². The molecule has 0 unspecified atom stereocenters. The molecule has 0 spiro atoms. The molecule has 0 rings (SSSR count). The zero-order chi connectivity index (χ0) is 5.54. The van der Waals surface area contributed by atoms with E-state index in [9.17, 15) is 0 Å². The lowest BCUT2D eigenvalue weighted by Gasteiger charge is -1.75. The third-order valence-electron chi connectivity index (χ3n) is 0.571. The van der Waals surface area contributed by atoms with Crippen molar-refractivity contribution < 1.29 is 0 Å². The van der Waals surface area contributed by atoms with Crippen molar-refractivity contribution >= 4 is 0 Å². The van der Waals surface area contributed by atoms with Gasteiger partial charge in [0.05, 0.1) is 0 Å². The van der Waals surface area contributed by atoms with Gasteiger partial charge in [-0.05, 0) is 0 Å². The van der Waals surface area contributed by atoms with Crippen LogP contribution >= 0.6 is 0 Å². The molecule has 2 N–H and O–H groups in total. The van der Waals surface area contributed by atoms with E-state index in [1.165, 1.54) is 0 Å². The van der Waals surface area contributed by atoms with E-state index in [0.29, 0.717) is 6.54 Å². The van der Waals surface area contributed by atoms with Gasteiger partial charge in [0.2, 0.25) is 0 Å². The first kappa shape index (κ1) is 6.52. The van der Waals surface area contributed by atoms with Gasteiger partial charge in [-0.15, -0.1) is 11.8 Å². The fourth-order valence-electron chi connectivity index (χ4n) is 0.286. The Kier molecular flexibility index (Phi) is 5.14. The van der Waals surface area contributed by atoms with Crippen LogP contribution in [-0.4, -0.2) is 6.54 Å². The zero-order valence-electron chi connectivity index (χ0n) is 4.70. The molecule has 0 saturated carbocycles. The van der Waals surface area contributed by atoms with E-state index in [4.69, 9.17) is 5.73 Å². The molecular formula is C6H11N. The summed E-state index contributed by atoms with van der Waals surface area (Å²) < 4.78 is 0. The van der Waals surface area contributed by atoms with Crippen molar-refractivity contribution in [3.8, 4) is 11.8 Å². The Balaban J connectivity index is 2.91. The quantitative estimate of drug-likeness (QED) is 0.480. The van der Waals surface area contributed by atoms with E-state index < -0.39 is 0 Å². The minimum absolute atomic E-state index is 0.688. The second-order valence-electron chi connectivity index (χ2n) is 1.25. The van der Waals surface area contributed by atoms with Gasteiger partial charge in [0.1, 0.15) is 0 Å². The Hall–Kier alpha value is -0.480. The highest BCUT2D eigenvalue weighted by Crippen LogP contribution is 1.70. The highest BCUT2D eigenvalue weighted by molar-refractivity contribution is 4.97. The summed E-state index contributed by atoms with van der Waals surface area (Å²) in [4.78, 5) is 0. The Bertz CT molecular complexity index is 75.9. The monoisotopic (exact) mass is 97.1 g/mol. The lowest BCUT2D eigenvalue weighted by atomic mass is 10.4. The standard InChI is InChI=1S/C6H11N/c1-2-3-4-5-6-7/h2,5-7H2,1H3. The van der Waals surface area contributed by atoms with Crippen LogP contribution in [0.5, 0.6) is 0 Å². The van der Waals surface area contributed by atoms with Gasteiger partial charge in [0.25, 0.3) is 0 Å². The fourth-order valence-corrected chi connectivity index (χ4v) is 0.286. The van der Waals surface area contributed by atoms with E-state index in [2.05, 4.69) is 11.8 Å². The lowest BCUT2D eigenvalue weighted by molar-refractivity contribution is 1.03. The van der Waals surface area contributed by atoms with Gasteiger partial charge >= 0.3 is 0 Å². The Morgan fingerprint density at radius 1 is 1.43 bits per heavy atom. The third-order valence-corrected chi connectivity index (χ3v) is 0.571. The van der Waals surface area contributed by atoms with Crippen molar-refractivity contribution in [3.63, 3.8) is 0 Å². The summed E-state index contributed by atoms with van der Waals surface area (Å²) in [6.07, 6.45) is 1.79. The summed E-state index contributed by atoms with van der Waals surface area (Å²) in [7, 11) is 0. The second-order valence-corrected chi connectivity index (χ2v) is 1.25. The first-order valence-corrected chi connectivity index (χ1v) is 2.57.